The van der Waals surface area contributed by atoms with Crippen LogP contribution in [0.3, 0.4) is 0 Å². The van der Waals surface area contributed by atoms with Crippen molar-refractivity contribution in [3.8, 4) is 0 Å². The molecule has 0 spiro atoms. The maximum Gasteiger partial charge on any atom is 0.237 e. The Hall–Kier alpha value is -0.610. The zero-order valence-electron chi connectivity index (χ0n) is 13.0. The quantitative estimate of drug-likeness (QED) is 0.731. The number of hydrogen-bond donors (Lipinski definition) is 2. The van der Waals surface area contributed by atoms with Crippen molar-refractivity contribution in [1.82, 2.24) is 15.5 Å². The molecule has 1 heterocycles. The van der Waals surface area contributed by atoms with Gasteiger partial charge in [-0.05, 0) is 52.2 Å². The Morgan fingerprint density at radius 3 is 2.60 bits per heavy atom. The lowest BCUT2D eigenvalue weighted by Crippen LogP contribution is -2.47. The molecule has 116 valence electrons. The largest absolute Gasteiger partial charge is 0.355 e. The summed E-state index contributed by atoms with van der Waals surface area (Å²) in [7, 11) is 2.24. The fraction of sp³-hybridized carbons (Fsp3) is 0.938. The Morgan fingerprint density at radius 1 is 1.15 bits per heavy atom. The molecular weight excluding hydrogens is 250 g/mol. The van der Waals surface area contributed by atoms with Gasteiger partial charge in [-0.3, -0.25) is 4.79 Å². The second-order valence-electron chi connectivity index (χ2n) is 6.42. The third-order valence-electron chi connectivity index (χ3n) is 4.81. The van der Waals surface area contributed by atoms with Gasteiger partial charge < -0.3 is 15.5 Å². The van der Waals surface area contributed by atoms with Gasteiger partial charge in [0.25, 0.3) is 0 Å². The van der Waals surface area contributed by atoms with Gasteiger partial charge in [-0.15, -0.1) is 0 Å². The van der Waals surface area contributed by atoms with Gasteiger partial charge in [0.2, 0.25) is 5.91 Å². The second-order valence-corrected chi connectivity index (χ2v) is 6.42. The zero-order chi connectivity index (χ0) is 14.2. The lowest BCUT2D eigenvalue weighted by Gasteiger charge is -2.31. The molecule has 2 fully saturated rings. The van der Waals surface area contributed by atoms with Crippen molar-refractivity contribution >= 4 is 5.91 Å². The molecule has 4 heteroatoms. The topological polar surface area (TPSA) is 44.4 Å². The van der Waals surface area contributed by atoms with E-state index in [1.165, 1.54) is 44.9 Å². The van der Waals surface area contributed by atoms with Crippen molar-refractivity contribution in [3.05, 3.63) is 0 Å². The second kappa shape index (κ2) is 8.63. The Bertz CT molecular complexity index is 283. The van der Waals surface area contributed by atoms with Gasteiger partial charge in [-0.2, -0.15) is 0 Å². The van der Waals surface area contributed by atoms with Gasteiger partial charge in [-0.1, -0.05) is 25.7 Å². The molecule has 1 aliphatic carbocycles. The summed E-state index contributed by atoms with van der Waals surface area (Å²) >= 11 is 0. The molecular formula is C16H31N3O. The van der Waals surface area contributed by atoms with Crippen molar-refractivity contribution in [3.63, 3.8) is 0 Å². The first-order valence-corrected chi connectivity index (χ1v) is 8.48. The van der Waals surface area contributed by atoms with E-state index in [1.807, 2.05) is 0 Å². The zero-order valence-corrected chi connectivity index (χ0v) is 13.0. The van der Waals surface area contributed by atoms with Crippen LogP contribution in [0.25, 0.3) is 0 Å². The van der Waals surface area contributed by atoms with E-state index in [9.17, 15) is 4.79 Å². The molecule has 20 heavy (non-hydrogen) atoms. The van der Waals surface area contributed by atoms with Crippen LogP contribution in [0.5, 0.6) is 0 Å². The summed E-state index contributed by atoms with van der Waals surface area (Å²) in [6.45, 7) is 2.90. The molecule has 2 aliphatic rings. The molecule has 0 bridgehead atoms. The van der Waals surface area contributed by atoms with Gasteiger partial charge in [0.05, 0.1) is 6.04 Å². The number of nitrogens with one attached hydrogen (secondary N) is 2. The molecule has 0 unspecified atom stereocenters. The maximum absolute atomic E-state index is 12.0. The van der Waals surface area contributed by atoms with Crippen molar-refractivity contribution in [2.75, 3.05) is 26.7 Å². The van der Waals surface area contributed by atoms with Crippen molar-refractivity contribution < 1.29 is 4.79 Å². The van der Waals surface area contributed by atoms with Crippen molar-refractivity contribution in [1.29, 1.82) is 0 Å². The van der Waals surface area contributed by atoms with E-state index in [1.54, 1.807) is 0 Å². The lowest BCUT2D eigenvalue weighted by molar-refractivity contribution is -0.123. The SMILES string of the molecule is CN(CCCNC(=O)[C@@H]1CCCCN1)C1CCCCC1. The minimum absolute atomic E-state index is 0.0554. The molecule has 1 atom stereocenters. The molecule has 1 aliphatic heterocycles. The first-order valence-electron chi connectivity index (χ1n) is 8.48. The Morgan fingerprint density at radius 2 is 1.90 bits per heavy atom. The minimum atomic E-state index is 0.0554. The van der Waals surface area contributed by atoms with Gasteiger partial charge in [-0.25, -0.2) is 0 Å². The van der Waals surface area contributed by atoms with Crippen LogP contribution in [0.4, 0.5) is 0 Å². The highest BCUT2D eigenvalue weighted by atomic mass is 16.2. The minimum Gasteiger partial charge on any atom is -0.355 e. The lowest BCUT2D eigenvalue weighted by atomic mass is 9.94. The monoisotopic (exact) mass is 281 g/mol. The number of piperidine rings is 1. The normalized spacial score (nSPS) is 24.8. The van der Waals surface area contributed by atoms with Crippen LogP contribution in [0, 0.1) is 0 Å². The van der Waals surface area contributed by atoms with Crippen molar-refractivity contribution in [2.45, 2.75) is 69.9 Å². The van der Waals surface area contributed by atoms with E-state index in [-0.39, 0.29) is 11.9 Å². The van der Waals surface area contributed by atoms with E-state index in [4.69, 9.17) is 0 Å². The predicted octanol–water partition coefficient (Wildman–Crippen LogP) is 1.90. The van der Waals surface area contributed by atoms with E-state index in [0.717, 1.165) is 38.5 Å². The van der Waals surface area contributed by atoms with Crippen LogP contribution in [0.1, 0.15) is 57.8 Å². The molecule has 0 aromatic rings. The number of carbonyl (C=O) groups excluding carboxylic acids is 1. The summed E-state index contributed by atoms with van der Waals surface area (Å²) in [6, 6.07) is 0.833. The number of amides is 1. The van der Waals surface area contributed by atoms with E-state index >= 15 is 0 Å². The molecule has 2 N–H and O–H groups in total. The van der Waals surface area contributed by atoms with Gasteiger partial charge in [0.1, 0.15) is 0 Å². The summed E-state index contributed by atoms with van der Waals surface area (Å²) < 4.78 is 0. The summed E-state index contributed by atoms with van der Waals surface area (Å²) in [5.74, 6) is 0.199. The predicted molar refractivity (Wildman–Crippen MR) is 82.8 cm³/mol. The van der Waals surface area contributed by atoms with Gasteiger partial charge in [0, 0.05) is 12.6 Å². The van der Waals surface area contributed by atoms with E-state index < -0.39 is 0 Å². The van der Waals surface area contributed by atoms with Gasteiger partial charge >= 0.3 is 0 Å². The molecule has 0 aromatic carbocycles. The average Bonchev–Trinajstić information content (AvgIpc) is 2.53. The smallest absolute Gasteiger partial charge is 0.237 e. The number of hydrogen-bond acceptors (Lipinski definition) is 3. The molecule has 1 saturated heterocycles. The van der Waals surface area contributed by atoms with E-state index in [0.29, 0.717) is 0 Å². The first kappa shape index (κ1) is 15.8. The Balaban J connectivity index is 1.55. The maximum atomic E-state index is 12.0. The highest BCUT2D eigenvalue weighted by Gasteiger charge is 2.20. The molecule has 1 amide bonds. The molecule has 0 aromatic heterocycles. The number of rotatable bonds is 6. The van der Waals surface area contributed by atoms with E-state index in [2.05, 4.69) is 22.6 Å². The summed E-state index contributed by atoms with van der Waals surface area (Å²) in [5, 5.41) is 6.38. The number of carbonyl (C=O) groups is 1. The Labute approximate surface area is 123 Å². The summed E-state index contributed by atoms with van der Waals surface area (Å²) in [5.41, 5.74) is 0. The van der Waals surface area contributed by atoms with Crippen LogP contribution in [0.15, 0.2) is 0 Å². The van der Waals surface area contributed by atoms with Crippen LogP contribution in [-0.2, 0) is 4.79 Å². The standard InChI is InChI=1S/C16H31N3O/c1-19(14-8-3-2-4-9-14)13-7-12-18-16(20)15-10-5-6-11-17-15/h14-15,17H,2-13H2,1H3,(H,18,20)/t15-/m0/s1. The summed E-state index contributed by atoms with van der Waals surface area (Å²) in [4.78, 5) is 14.4. The van der Waals surface area contributed by atoms with Gasteiger partial charge in [0.15, 0.2) is 0 Å². The Kier molecular flexibility index (Phi) is 6.80. The highest BCUT2D eigenvalue weighted by molar-refractivity contribution is 5.81. The fourth-order valence-electron chi connectivity index (χ4n) is 3.44. The van der Waals surface area contributed by atoms with Crippen LogP contribution >= 0.6 is 0 Å². The molecule has 2 rings (SSSR count). The highest BCUT2D eigenvalue weighted by Crippen LogP contribution is 2.21. The molecule has 1 saturated carbocycles. The molecule has 4 nitrogen and oxygen atoms in total. The van der Waals surface area contributed by atoms with Crippen molar-refractivity contribution in [2.24, 2.45) is 0 Å². The van der Waals surface area contributed by atoms with Crippen LogP contribution in [-0.4, -0.2) is 49.6 Å². The fourth-order valence-corrected chi connectivity index (χ4v) is 3.44. The molecule has 0 radical (unpaired) electrons. The van der Waals surface area contributed by atoms with Crippen LogP contribution < -0.4 is 10.6 Å². The third-order valence-corrected chi connectivity index (χ3v) is 4.81. The van der Waals surface area contributed by atoms with Crippen LogP contribution in [0.2, 0.25) is 0 Å². The first-order chi connectivity index (χ1) is 9.77. The third kappa shape index (κ3) is 5.06. The average molecular weight is 281 g/mol. The summed E-state index contributed by atoms with van der Waals surface area (Å²) in [6.07, 6.45) is 11.3. The number of nitrogens with zero attached hydrogens (tertiary/aromatic N) is 1.